The first-order valence-corrected chi connectivity index (χ1v) is 6.12. The van der Waals surface area contributed by atoms with E-state index in [1.807, 2.05) is 6.92 Å². The van der Waals surface area contributed by atoms with Crippen LogP contribution in [0.1, 0.15) is 32.6 Å². The number of rotatable bonds is 7. The van der Waals surface area contributed by atoms with Gasteiger partial charge in [0.15, 0.2) is 0 Å². The predicted molar refractivity (Wildman–Crippen MR) is 49.7 cm³/mol. The molecule has 0 saturated heterocycles. The van der Waals surface area contributed by atoms with Crippen LogP contribution in [0.5, 0.6) is 0 Å². The summed E-state index contributed by atoms with van der Waals surface area (Å²) in [6.07, 6.45) is 2.09. The SMILES string of the molecule is CCCCC(=O)OCCCS(=O)(=O)[O-].[Na+]. The summed E-state index contributed by atoms with van der Waals surface area (Å²) in [5.41, 5.74) is 0. The van der Waals surface area contributed by atoms with Gasteiger partial charge in [-0.2, -0.15) is 0 Å². The van der Waals surface area contributed by atoms with Gasteiger partial charge in [0.2, 0.25) is 0 Å². The third kappa shape index (κ3) is 14.4. The molecular formula is C8H15NaO5S. The summed E-state index contributed by atoms with van der Waals surface area (Å²) in [6, 6.07) is 0. The van der Waals surface area contributed by atoms with Crippen molar-refractivity contribution < 1.29 is 52.1 Å². The summed E-state index contributed by atoms with van der Waals surface area (Å²) in [5.74, 6) is -0.816. The molecule has 0 aliphatic heterocycles. The molecule has 0 fully saturated rings. The van der Waals surface area contributed by atoms with Gasteiger partial charge in [0.1, 0.15) is 0 Å². The van der Waals surface area contributed by atoms with Gasteiger partial charge in [-0.3, -0.25) is 4.79 Å². The summed E-state index contributed by atoms with van der Waals surface area (Å²) < 4.78 is 35.2. The quantitative estimate of drug-likeness (QED) is 0.217. The molecule has 84 valence electrons. The maximum absolute atomic E-state index is 10.9. The number of hydrogen-bond acceptors (Lipinski definition) is 5. The molecule has 0 heterocycles. The first kappa shape index (κ1) is 17.8. The fraction of sp³-hybridized carbons (Fsp3) is 0.875. The first-order chi connectivity index (χ1) is 6.45. The van der Waals surface area contributed by atoms with Crippen molar-refractivity contribution in [3.63, 3.8) is 0 Å². The van der Waals surface area contributed by atoms with Crippen molar-refractivity contribution in [2.45, 2.75) is 32.6 Å². The van der Waals surface area contributed by atoms with E-state index < -0.39 is 15.9 Å². The van der Waals surface area contributed by atoms with E-state index >= 15 is 0 Å². The number of unbranched alkanes of at least 4 members (excludes halogenated alkanes) is 1. The number of esters is 1. The summed E-state index contributed by atoms with van der Waals surface area (Å²) >= 11 is 0. The van der Waals surface area contributed by atoms with E-state index in [0.29, 0.717) is 6.42 Å². The Morgan fingerprint density at radius 2 is 1.93 bits per heavy atom. The number of carbonyl (C=O) groups is 1. The van der Waals surface area contributed by atoms with Crippen LogP contribution in [0.3, 0.4) is 0 Å². The molecule has 0 unspecified atom stereocenters. The fourth-order valence-electron chi connectivity index (χ4n) is 0.815. The van der Waals surface area contributed by atoms with Crippen molar-refractivity contribution >= 4 is 16.1 Å². The van der Waals surface area contributed by atoms with Gasteiger partial charge < -0.3 is 9.29 Å². The largest absolute Gasteiger partial charge is 1.00 e. The van der Waals surface area contributed by atoms with Gasteiger partial charge in [0.25, 0.3) is 0 Å². The zero-order chi connectivity index (χ0) is 11.0. The predicted octanol–water partition coefficient (Wildman–Crippen LogP) is -2.34. The van der Waals surface area contributed by atoms with Crippen LogP contribution in [0.25, 0.3) is 0 Å². The second-order valence-corrected chi connectivity index (χ2v) is 4.46. The summed E-state index contributed by atoms with van der Waals surface area (Å²) in [6.45, 7) is 1.96. The maximum atomic E-state index is 10.9. The Morgan fingerprint density at radius 3 is 2.40 bits per heavy atom. The molecule has 0 amide bonds. The number of hydrogen-bond donors (Lipinski definition) is 0. The van der Waals surface area contributed by atoms with Crippen molar-refractivity contribution in [3.05, 3.63) is 0 Å². The average Bonchev–Trinajstić information content (AvgIpc) is 2.07. The van der Waals surface area contributed by atoms with Crippen LogP contribution in [-0.2, 0) is 19.6 Å². The van der Waals surface area contributed by atoms with E-state index in [4.69, 9.17) is 4.74 Å². The molecule has 15 heavy (non-hydrogen) atoms. The molecule has 0 rings (SSSR count). The normalized spacial score (nSPS) is 10.5. The van der Waals surface area contributed by atoms with Crippen LogP contribution in [0, 0.1) is 0 Å². The Kier molecular flexibility index (Phi) is 11.4. The smallest absolute Gasteiger partial charge is 0.748 e. The number of ether oxygens (including phenoxy) is 1. The van der Waals surface area contributed by atoms with Crippen molar-refractivity contribution in [2.24, 2.45) is 0 Å². The number of carbonyl (C=O) groups excluding carboxylic acids is 1. The second kappa shape index (κ2) is 9.59. The van der Waals surface area contributed by atoms with Crippen LogP contribution in [0.15, 0.2) is 0 Å². The minimum absolute atomic E-state index is 0. The minimum Gasteiger partial charge on any atom is -0.748 e. The molecule has 0 atom stereocenters. The Morgan fingerprint density at radius 1 is 1.33 bits per heavy atom. The van der Waals surface area contributed by atoms with Crippen molar-refractivity contribution in [1.29, 1.82) is 0 Å². The molecule has 0 aromatic carbocycles. The first-order valence-electron chi connectivity index (χ1n) is 4.55. The van der Waals surface area contributed by atoms with Crippen LogP contribution in [-0.4, -0.2) is 31.3 Å². The van der Waals surface area contributed by atoms with E-state index in [1.165, 1.54) is 0 Å². The summed E-state index contributed by atoms with van der Waals surface area (Å²) in [4.78, 5) is 10.9. The van der Waals surface area contributed by atoms with Gasteiger partial charge in [0, 0.05) is 12.2 Å². The molecule has 0 N–H and O–H groups in total. The molecule has 5 nitrogen and oxygen atoms in total. The molecule has 0 saturated carbocycles. The van der Waals surface area contributed by atoms with Crippen molar-refractivity contribution in [1.82, 2.24) is 0 Å². The molecule has 7 heteroatoms. The maximum Gasteiger partial charge on any atom is 1.00 e. The van der Waals surface area contributed by atoms with Crippen LogP contribution >= 0.6 is 0 Å². The standard InChI is InChI=1S/C8H16O5S.Na/c1-2-3-5-8(9)13-6-4-7-14(10,11)12;/h2-7H2,1H3,(H,10,11,12);/q;+1/p-1. The third-order valence-corrected chi connectivity index (χ3v) is 2.32. The van der Waals surface area contributed by atoms with E-state index in [0.717, 1.165) is 12.8 Å². The topological polar surface area (TPSA) is 83.5 Å². The Hall–Kier alpha value is 0.380. The van der Waals surface area contributed by atoms with Gasteiger partial charge >= 0.3 is 35.5 Å². The summed E-state index contributed by atoms with van der Waals surface area (Å²) in [5, 5.41) is 0. The summed E-state index contributed by atoms with van der Waals surface area (Å²) in [7, 11) is -4.18. The molecule has 0 aromatic heterocycles. The zero-order valence-electron chi connectivity index (χ0n) is 9.19. The van der Waals surface area contributed by atoms with E-state index in [-0.39, 0.29) is 48.6 Å². The van der Waals surface area contributed by atoms with Crippen LogP contribution in [0.2, 0.25) is 0 Å². The van der Waals surface area contributed by atoms with Crippen molar-refractivity contribution in [3.8, 4) is 0 Å². The fourth-order valence-corrected chi connectivity index (χ4v) is 1.29. The molecule has 0 spiro atoms. The van der Waals surface area contributed by atoms with Crippen LogP contribution in [0.4, 0.5) is 0 Å². The van der Waals surface area contributed by atoms with Crippen LogP contribution < -0.4 is 29.6 Å². The van der Waals surface area contributed by atoms with Gasteiger partial charge in [-0.15, -0.1) is 0 Å². The Bertz CT molecular complexity index is 262. The minimum atomic E-state index is -4.18. The van der Waals surface area contributed by atoms with Crippen molar-refractivity contribution in [2.75, 3.05) is 12.4 Å². The Labute approximate surface area is 113 Å². The Balaban J connectivity index is 0. The third-order valence-electron chi connectivity index (χ3n) is 1.54. The average molecular weight is 246 g/mol. The molecular weight excluding hydrogens is 231 g/mol. The molecule has 0 bridgehead atoms. The van der Waals surface area contributed by atoms with Gasteiger partial charge in [-0.1, -0.05) is 13.3 Å². The van der Waals surface area contributed by atoms with E-state index in [9.17, 15) is 17.8 Å². The van der Waals surface area contributed by atoms with Gasteiger partial charge in [-0.05, 0) is 12.8 Å². The van der Waals surface area contributed by atoms with Gasteiger partial charge in [0.05, 0.1) is 16.7 Å². The van der Waals surface area contributed by atoms with Gasteiger partial charge in [-0.25, -0.2) is 8.42 Å². The van der Waals surface area contributed by atoms with E-state index in [2.05, 4.69) is 0 Å². The molecule has 0 aliphatic carbocycles. The second-order valence-electron chi connectivity index (χ2n) is 2.94. The molecule has 0 radical (unpaired) electrons. The van der Waals surface area contributed by atoms with E-state index in [1.54, 1.807) is 0 Å². The zero-order valence-corrected chi connectivity index (χ0v) is 12.0. The molecule has 0 aliphatic rings. The molecule has 0 aromatic rings. The monoisotopic (exact) mass is 246 g/mol.